The smallest absolute Gasteiger partial charge is 0.190 e. The molecular weight excluding hydrogens is 387 g/mol. The van der Waals surface area contributed by atoms with Crippen LogP contribution in [0.2, 0.25) is 0 Å². The van der Waals surface area contributed by atoms with Crippen LogP contribution >= 0.6 is 11.3 Å². The summed E-state index contributed by atoms with van der Waals surface area (Å²) in [5.41, 5.74) is 2.48. The summed E-state index contributed by atoms with van der Waals surface area (Å²) in [7, 11) is 4.08. The molecule has 2 aromatic heterocycles. The average Bonchev–Trinajstić information content (AvgIpc) is 3.31. The molecule has 4 rings (SSSR count). The molecule has 3 aromatic rings. The first-order valence-corrected chi connectivity index (χ1v) is 10.8. The second-order valence-corrected chi connectivity index (χ2v) is 8.53. The summed E-state index contributed by atoms with van der Waals surface area (Å²) >= 11 is 1.54. The van der Waals surface area contributed by atoms with Gasteiger partial charge >= 0.3 is 0 Å². The number of para-hydroxylation sites is 1. The van der Waals surface area contributed by atoms with E-state index in [1.54, 1.807) is 28.2 Å². The third kappa shape index (κ3) is 4.49. The Kier molecular flexibility index (Phi) is 5.94. The van der Waals surface area contributed by atoms with Crippen LogP contribution in [-0.2, 0) is 7.05 Å². The lowest BCUT2D eigenvalue weighted by Gasteiger charge is -2.34. The second kappa shape index (κ2) is 8.61. The molecule has 0 bridgehead atoms. The van der Waals surface area contributed by atoms with Crippen LogP contribution in [-0.4, -0.2) is 63.9 Å². The minimum absolute atomic E-state index is 0.199. The standard InChI is InChI=1S/C21H27FN6S/c1-16(13-27-10-8-25(2)9-11-27)28-20(17-12-23-26(3)14-17)15-29-21(28)24-19-7-5-4-6-18(19)22/h4-7,12,14-16H,8-11,13H2,1-3H3. The summed E-state index contributed by atoms with van der Waals surface area (Å²) in [4.78, 5) is 10.3. The lowest BCUT2D eigenvalue weighted by molar-refractivity contribution is 0.140. The third-order valence-corrected chi connectivity index (χ3v) is 6.21. The van der Waals surface area contributed by atoms with Crippen molar-refractivity contribution in [1.29, 1.82) is 0 Å². The van der Waals surface area contributed by atoms with Crippen molar-refractivity contribution in [3.05, 3.63) is 52.7 Å². The highest BCUT2D eigenvalue weighted by molar-refractivity contribution is 7.07. The summed E-state index contributed by atoms with van der Waals surface area (Å²) in [6.45, 7) is 7.45. The van der Waals surface area contributed by atoms with E-state index in [2.05, 4.69) is 43.8 Å². The van der Waals surface area contributed by atoms with E-state index in [0.717, 1.165) is 48.8 Å². The highest BCUT2D eigenvalue weighted by Gasteiger charge is 2.20. The van der Waals surface area contributed by atoms with Crippen LogP contribution in [0.3, 0.4) is 0 Å². The van der Waals surface area contributed by atoms with E-state index < -0.39 is 0 Å². The predicted octanol–water partition coefficient (Wildman–Crippen LogP) is 3.13. The number of piperazine rings is 1. The molecule has 0 aliphatic carbocycles. The van der Waals surface area contributed by atoms with E-state index in [-0.39, 0.29) is 11.9 Å². The molecule has 1 aliphatic rings. The number of benzene rings is 1. The molecule has 0 amide bonds. The van der Waals surface area contributed by atoms with Gasteiger partial charge in [0.2, 0.25) is 0 Å². The molecule has 1 aliphatic heterocycles. The molecule has 1 fully saturated rings. The Bertz CT molecular complexity index is 1030. The molecule has 0 spiro atoms. The van der Waals surface area contributed by atoms with Gasteiger partial charge in [-0.25, -0.2) is 9.38 Å². The highest BCUT2D eigenvalue weighted by atomic mass is 32.1. The second-order valence-electron chi connectivity index (χ2n) is 7.69. The maximum Gasteiger partial charge on any atom is 0.190 e. The van der Waals surface area contributed by atoms with E-state index in [4.69, 9.17) is 0 Å². The third-order valence-electron chi connectivity index (χ3n) is 5.37. The first-order chi connectivity index (χ1) is 14.0. The molecule has 0 saturated carbocycles. The Morgan fingerprint density at radius 2 is 1.93 bits per heavy atom. The number of hydrogen-bond acceptors (Lipinski definition) is 5. The van der Waals surface area contributed by atoms with Crippen molar-refractivity contribution in [2.45, 2.75) is 13.0 Å². The number of aryl methyl sites for hydroxylation is 1. The largest absolute Gasteiger partial charge is 0.312 e. The summed E-state index contributed by atoms with van der Waals surface area (Å²) in [6.07, 6.45) is 3.88. The van der Waals surface area contributed by atoms with E-state index in [0.29, 0.717) is 5.69 Å². The van der Waals surface area contributed by atoms with E-state index in [9.17, 15) is 4.39 Å². The molecule has 3 heterocycles. The van der Waals surface area contributed by atoms with Gasteiger partial charge in [-0.05, 0) is 26.1 Å². The molecule has 1 saturated heterocycles. The van der Waals surface area contributed by atoms with E-state index in [1.807, 2.05) is 25.5 Å². The monoisotopic (exact) mass is 414 g/mol. The Labute approximate surface area is 174 Å². The van der Waals surface area contributed by atoms with Crippen molar-refractivity contribution in [2.75, 3.05) is 39.8 Å². The quantitative estimate of drug-likeness (QED) is 0.644. The minimum Gasteiger partial charge on any atom is -0.312 e. The number of halogens is 1. The van der Waals surface area contributed by atoms with Crippen molar-refractivity contribution in [3.63, 3.8) is 0 Å². The maximum atomic E-state index is 14.2. The number of likely N-dealkylation sites (N-methyl/N-ethyl adjacent to an activating group) is 1. The average molecular weight is 415 g/mol. The van der Waals surface area contributed by atoms with Gasteiger partial charge < -0.3 is 9.47 Å². The van der Waals surface area contributed by atoms with Crippen molar-refractivity contribution < 1.29 is 4.39 Å². The van der Waals surface area contributed by atoms with Crippen LogP contribution in [0.4, 0.5) is 10.1 Å². The SMILES string of the molecule is CC(CN1CCN(C)CC1)n1c(-c2cnn(C)c2)csc1=Nc1ccccc1F. The number of nitrogens with zero attached hydrogens (tertiary/aromatic N) is 6. The van der Waals surface area contributed by atoms with Gasteiger partial charge in [0.15, 0.2) is 4.80 Å². The van der Waals surface area contributed by atoms with Crippen molar-refractivity contribution >= 4 is 17.0 Å². The summed E-state index contributed by atoms with van der Waals surface area (Å²) in [5, 5.41) is 6.42. The molecule has 6 nitrogen and oxygen atoms in total. The highest BCUT2D eigenvalue weighted by Crippen LogP contribution is 2.25. The van der Waals surface area contributed by atoms with Crippen LogP contribution in [0, 0.1) is 5.82 Å². The predicted molar refractivity (Wildman–Crippen MR) is 115 cm³/mol. The number of aromatic nitrogens is 3. The van der Waals surface area contributed by atoms with Crippen LogP contribution in [0.5, 0.6) is 0 Å². The van der Waals surface area contributed by atoms with Gasteiger partial charge in [-0.3, -0.25) is 9.58 Å². The molecule has 0 N–H and O–H groups in total. The number of thiazole rings is 1. The van der Waals surface area contributed by atoms with Crippen LogP contribution in [0.15, 0.2) is 47.0 Å². The number of rotatable bonds is 5. The first-order valence-electron chi connectivity index (χ1n) is 9.90. The van der Waals surface area contributed by atoms with Crippen LogP contribution < -0.4 is 4.80 Å². The normalized spacial score (nSPS) is 17.7. The van der Waals surface area contributed by atoms with Gasteiger partial charge in [0.1, 0.15) is 11.5 Å². The first kappa shape index (κ1) is 20.0. The topological polar surface area (TPSA) is 41.6 Å². The minimum atomic E-state index is -0.304. The molecule has 1 atom stereocenters. The Morgan fingerprint density at radius 1 is 1.17 bits per heavy atom. The Balaban J connectivity index is 1.72. The fraction of sp³-hybridized carbons (Fsp3) is 0.429. The van der Waals surface area contributed by atoms with Crippen LogP contribution in [0.1, 0.15) is 13.0 Å². The Morgan fingerprint density at radius 3 is 2.62 bits per heavy atom. The van der Waals surface area contributed by atoms with Crippen molar-refractivity contribution in [2.24, 2.45) is 12.0 Å². The van der Waals surface area contributed by atoms with Crippen molar-refractivity contribution in [1.82, 2.24) is 24.1 Å². The fourth-order valence-electron chi connectivity index (χ4n) is 3.72. The van der Waals surface area contributed by atoms with Gasteiger partial charge in [-0.15, -0.1) is 11.3 Å². The van der Waals surface area contributed by atoms with E-state index in [1.165, 1.54) is 6.07 Å². The van der Waals surface area contributed by atoms with Gasteiger partial charge in [0.05, 0.1) is 11.9 Å². The fourth-order valence-corrected chi connectivity index (χ4v) is 4.73. The molecule has 8 heteroatoms. The lowest BCUT2D eigenvalue weighted by atomic mass is 10.2. The van der Waals surface area contributed by atoms with Gasteiger partial charge in [-0.1, -0.05) is 12.1 Å². The van der Waals surface area contributed by atoms with Crippen molar-refractivity contribution in [3.8, 4) is 11.3 Å². The molecular formula is C21H27FN6S. The van der Waals surface area contributed by atoms with Crippen LogP contribution in [0.25, 0.3) is 11.3 Å². The zero-order valence-electron chi connectivity index (χ0n) is 17.1. The molecule has 0 radical (unpaired) electrons. The number of hydrogen-bond donors (Lipinski definition) is 0. The summed E-state index contributed by atoms with van der Waals surface area (Å²) in [5.74, 6) is -0.304. The maximum absolute atomic E-state index is 14.2. The molecule has 154 valence electrons. The van der Waals surface area contributed by atoms with Gasteiger partial charge in [-0.2, -0.15) is 5.10 Å². The summed E-state index contributed by atoms with van der Waals surface area (Å²) in [6, 6.07) is 6.87. The zero-order valence-corrected chi connectivity index (χ0v) is 17.9. The molecule has 1 aromatic carbocycles. The van der Waals surface area contributed by atoms with Gasteiger partial charge in [0.25, 0.3) is 0 Å². The summed E-state index contributed by atoms with van der Waals surface area (Å²) < 4.78 is 18.3. The van der Waals surface area contributed by atoms with Gasteiger partial charge in [0, 0.05) is 63.0 Å². The molecule has 29 heavy (non-hydrogen) atoms. The molecule has 1 unspecified atom stereocenters. The zero-order chi connectivity index (χ0) is 20.4. The Hall–Kier alpha value is -2.29. The lowest BCUT2D eigenvalue weighted by Crippen LogP contribution is -2.46. The van der Waals surface area contributed by atoms with E-state index >= 15 is 0 Å².